The Morgan fingerprint density at radius 2 is 1.84 bits per heavy atom. The molecule has 4 aromatic rings. The quantitative estimate of drug-likeness (QED) is 0.227. The Morgan fingerprint density at radius 1 is 1.05 bits per heavy atom. The zero-order chi connectivity index (χ0) is 26.6. The number of carboxylic acids is 1. The molecule has 8 heteroatoms. The summed E-state index contributed by atoms with van der Waals surface area (Å²) in [5.74, 6) is -0.454. The first-order valence-corrected chi connectivity index (χ1v) is 13.6. The molecule has 0 bridgehead atoms. The molecule has 1 heterocycles. The van der Waals surface area contributed by atoms with Crippen LogP contribution in [0, 0.1) is 0 Å². The number of thioether (sulfide) groups is 1. The number of hydrogen-bond acceptors (Lipinski definition) is 5. The Kier molecular flexibility index (Phi) is 7.62. The largest absolute Gasteiger partial charge is 0.488 e. The number of rotatable bonds is 7. The first-order chi connectivity index (χ1) is 18.4. The second-order valence-corrected chi connectivity index (χ2v) is 10.4. The van der Waals surface area contributed by atoms with E-state index in [9.17, 15) is 14.7 Å². The molecule has 5 rings (SSSR count). The van der Waals surface area contributed by atoms with E-state index in [1.165, 1.54) is 29.3 Å². The molecule has 4 aromatic carbocycles. The lowest BCUT2D eigenvalue weighted by atomic mass is 10.1. The number of carbonyl (C=O) groups excluding carboxylic acids is 1. The fourth-order valence-electron chi connectivity index (χ4n) is 4.14. The van der Waals surface area contributed by atoms with Gasteiger partial charge in [-0.15, -0.1) is 0 Å². The van der Waals surface area contributed by atoms with E-state index in [1.807, 2.05) is 49.4 Å². The number of nitrogens with zero attached hydrogens (tertiary/aromatic N) is 2. The summed E-state index contributed by atoms with van der Waals surface area (Å²) in [4.78, 5) is 31.0. The van der Waals surface area contributed by atoms with Gasteiger partial charge in [-0.25, -0.2) is 9.79 Å². The van der Waals surface area contributed by atoms with Crippen molar-refractivity contribution >= 4 is 67.3 Å². The summed E-state index contributed by atoms with van der Waals surface area (Å²) in [6, 6.07) is 26.5. The third-order valence-corrected chi connectivity index (χ3v) is 7.67. The molecule has 0 radical (unpaired) electrons. The van der Waals surface area contributed by atoms with Crippen molar-refractivity contribution in [2.24, 2.45) is 4.99 Å². The van der Waals surface area contributed by atoms with Crippen molar-refractivity contribution in [2.75, 3.05) is 6.54 Å². The van der Waals surface area contributed by atoms with Crippen LogP contribution in [0.4, 0.5) is 5.69 Å². The standard InChI is InChI=1S/C30H23BrN2O4S/c1-2-33-28(34)27(38-30(33)32-23-11-6-9-21(17-23)29(35)36)16-19-13-14-26(25(31)15-19)37-18-22-10-5-8-20-7-3-4-12-24(20)22/h3-17H,2,18H2,1H3,(H,35,36)/b27-16-,32-30?. The van der Waals surface area contributed by atoms with Gasteiger partial charge in [0.2, 0.25) is 0 Å². The van der Waals surface area contributed by atoms with Crippen molar-refractivity contribution < 1.29 is 19.4 Å². The van der Waals surface area contributed by atoms with E-state index >= 15 is 0 Å². The van der Waals surface area contributed by atoms with Crippen LogP contribution >= 0.6 is 27.7 Å². The van der Waals surface area contributed by atoms with Crippen LogP contribution in [0.25, 0.3) is 16.8 Å². The van der Waals surface area contributed by atoms with Crippen molar-refractivity contribution in [3.8, 4) is 5.75 Å². The van der Waals surface area contributed by atoms with Gasteiger partial charge < -0.3 is 9.84 Å². The van der Waals surface area contributed by atoms with Crippen molar-refractivity contribution in [3.63, 3.8) is 0 Å². The van der Waals surface area contributed by atoms with Gasteiger partial charge in [0.1, 0.15) is 12.4 Å². The fourth-order valence-corrected chi connectivity index (χ4v) is 5.71. The Bertz CT molecular complexity index is 1610. The van der Waals surface area contributed by atoms with Crippen LogP contribution in [0.3, 0.4) is 0 Å². The number of aromatic carboxylic acids is 1. The minimum absolute atomic E-state index is 0.141. The summed E-state index contributed by atoms with van der Waals surface area (Å²) in [6.07, 6.45) is 1.82. The van der Waals surface area contributed by atoms with E-state index in [-0.39, 0.29) is 11.5 Å². The SMILES string of the molecule is CCN1C(=O)/C(=C/c2ccc(OCc3cccc4ccccc34)c(Br)c2)SC1=Nc1cccc(C(=O)O)c1. The molecule has 1 amide bonds. The lowest BCUT2D eigenvalue weighted by Gasteiger charge is -2.12. The van der Waals surface area contributed by atoms with Crippen molar-refractivity contribution in [1.82, 2.24) is 4.90 Å². The van der Waals surface area contributed by atoms with Gasteiger partial charge in [-0.2, -0.15) is 0 Å². The number of carbonyl (C=O) groups is 2. The monoisotopic (exact) mass is 586 g/mol. The molecule has 1 N–H and O–H groups in total. The molecular formula is C30H23BrN2O4S. The maximum Gasteiger partial charge on any atom is 0.335 e. The molecule has 0 saturated carbocycles. The van der Waals surface area contributed by atoms with E-state index in [1.54, 1.807) is 17.0 Å². The molecule has 1 fully saturated rings. The highest BCUT2D eigenvalue weighted by Gasteiger charge is 2.32. The molecular weight excluding hydrogens is 564 g/mol. The number of amides is 1. The number of ether oxygens (including phenoxy) is 1. The van der Waals surface area contributed by atoms with Gasteiger partial charge in [0.25, 0.3) is 5.91 Å². The highest BCUT2D eigenvalue weighted by molar-refractivity contribution is 9.10. The topological polar surface area (TPSA) is 79.2 Å². The third-order valence-electron chi connectivity index (χ3n) is 6.04. The van der Waals surface area contributed by atoms with Crippen LogP contribution < -0.4 is 4.74 Å². The Labute approximate surface area is 232 Å². The summed E-state index contributed by atoms with van der Waals surface area (Å²) in [5.41, 5.74) is 2.58. The molecule has 0 unspecified atom stereocenters. The molecule has 1 aliphatic heterocycles. The number of likely N-dealkylation sites (N-methyl/N-ethyl adjacent to an activating group) is 1. The summed E-state index contributed by atoms with van der Waals surface area (Å²) in [6.45, 7) is 2.76. The molecule has 190 valence electrons. The average Bonchev–Trinajstić information content (AvgIpc) is 3.21. The van der Waals surface area contributed by atoms with Crippen molar-refractivity contribution in [1.29, 1.82) is 0 Å². The Morgan fingerprint density at radius 3 is 2.63 bits per heavy atom. The van der Waals surface area contributed by atoms with Gasteiger partial charge in [0.15, 0.2) is 5.17 Å². The van der Waals surface area contributed by atoms with Crippen LogP contribution in [0.2, 0.25) is 0 Å². The molecule has 1 aliphatic rings. The predicted molar refractivity (Wildman–Crippen MR) is 156 cm³/mol. The van der Waals surface area contributed by atoms with Gasteiger partial charge in [0, 0.05) is 6.54 Å². The van der Waals surface area contributed by atoms with E-state index < -0.39 is 5.97 Å². The summed E-state index contributed by atoms with van der Waals surface area (Å²) in [7, 11) is 0. The number of fused-ring (bicyclic) bond motifs is 1. The number of aliphatic imine (C=N–C) groups is 1. The van der Waals surface area contributed by atoms with Gasteiger partial charge in [-0.1, -0.05) is 54.6 Å². The second-order valence-electron chi connectivity index (χ2n) is 8.53. The Balaban J connectivity index is 1.34. The van der Waals surface area contributed by atoms with Gasteiger partial charge in [0.05, 0.1) is 20.6 Å². The predicted octanol–water partition coefficient (Wildman–Crippen LogP) is 7.50. The van der Waals surface area contributed by atoms with Crippen molar-refractivity contribution in [2.45, 2.75) is 13.5 Å². The minimum atomic E-state index is -1.02. The van der Waals surface area contributed by atoms with E-state index in [2.05, 4.69) is 45.2 Å². The van der Waals surface area contributed by atoms with E-state index in [4.69, 9.17) is 4.74 Å². The van der Waals surface area contributed by atoms with E-state index in [0.717, 1.165) is 21.0 Å². The highest BCUT2D eigenvalue weighted by atomic mass is 79.9. The first kappa shape index (κ1) is 25.8. The first-order valence-electron chi connectivity index (χ1n) is 12.0. The smallest absolute Gasteiger partial charge is 0.335 e. The van der Waals surface area contributed by atoms with Crippen LogP contribution in [0.15, 0.2) is 99.3 Å². The molecule has 0 aliphatic carbocycles. The van der Waals surface area contributed by atoms with Crippen LogP contribution in [-0.2, 0) is 11.4 Å². The van der Waals surface area contributed by atoms with Crippen LogP contribution in [0.5, 0.6) is 5.75 Å². The van der Waals surface area contributed by atoms with Crippen molar-refractivity contribution in [3.05, 3.63) is 111 Å². The number of carboxylic acid groups (broad SMARTS) is 1. The van der Waals surface area contributed by atoms with Crippen LogP contribution in [0.1, 0.15) is 28.4 Å². The zero-order valence-corrected chi connectivity index (χ0v) is 22.8. The fraction of sp³-hybridized carbons (Fsp3) is 0.100. The number of amidine groups is 1. The molecule has 6 nitrogen and oxygen atoms in total. The average molecular weight is 587 g/mol. The molecule has 38 heavy (non-hydrogen) atoms. The highest BCUT2D eigenvalue weighted by Crippen LogP contribution is 2.35. The van der Waals surface area contributed by atoms with Gasteiger partial charge in [-0.05, 0) is 92.9 Å². The molecule has 1 saturated heterocycles. The van der Waals surface area contributed by atoms with E-state index in [0.29, 0.717) is 34.7 Å². The third kappa shape index (κ3) is 5.51. The maximum atomic E-state index is 13.1. The Hall–Kier alpha value is -3.88. The van der Waals surface area contributed by atoms with Crippen LogP contribution in [-0.4, -0.2) is 33.6 Å². The normalized spacial score (nSPS) is 15.5. The summed E-state index contributed by atoms with van der Waals surface area (Å²) < 4.78 is 6.90. The lowest BCUT2D eigenvalue weighted by Crippen LogP contribution is -2.28. The summed E-state index contributed by atoms with van der Waals surface area (Å²) in [5, 5.41) is 12.1. The zero-order valence-electron chi connectivity index (χ0n) is 20.4. The molecule has 0 atom stereocenters. The molecule has 0 spiro atoms. The lowest BCUT2D eigenvalue weighted by molar-refractivity contribution is -0.122. The van der Waals surface area contributed by atoms with Gasteiger partial charge in [-0.3, -0.25) is 9.69 Å². The number of halogens is 1. The second kappa shape index (κ2) is 11.2. The maximum absolute atomic E-state index is 13.1. The number of hydrogen-bond donors (Lipinski definition) is 1. The molecule has 0 aromatic heterocycles. The summed E-state index contributed by atoms with van der Waals surface area (Å²) >= 11 is 4.87. The minimum Gasteiger partial charge on any atom is -0.488 e. The van der Waals surface area contributed by atoms with Gasteiger partial charge >= 0.3 is 5.97 Å². The number of benzene rings is 4.